The van der Waals surface area contributed by atoms with E-state index in [9.17, 15) is 29.7 Å². The number of amides is 2. The van der Waals surface area contributed by atoms with Gasteiger partial charge < -0.3 is 30.3 Å². The first-order chi connectivity index (χ1) is 18.2. The predicted molar refractivity (Wildman–Crippen MR) is 145 cm³/mol. The summed E-state index contributed by atoms with van der Waals surface area (Å²) in [6.45, 7) is 11.5. The lowest BCUT2D eigenvalue weighted by Gasteiger charge is -2.40. The van der Waals surface area contributed by atoms with E-state index >= 15 is 0 Å². The number of likely N-dealkylation sites (tertiary alicyclic amines) is 1. The van der Waals surface area contributed by atoms with Gasteiger partial charge in [-0.25, -0.2) is 4.79 Å². The molecule has 1 aliphatic heterocycles. The summed E-state index contributed by atoms with van der Waals surface area (Å²) in [4.78, 5) is 41.0. The molecule has 0 radical (unpaired) electrons. The number of aliphatic hydroxyl groups is 1. The summed E-state index contributed by atoms with van der Waals surface area (Å²) in [5.41, 5.74) is -0.279. The lowest BCUT2D eigenvalue weighted by molar-refractivity contribution is -0.159. The number of nitrogens with zero attached hydrogens (tertiary/aromatic N) is 1. The maximum atomic E-state index is 13.5. The number of phenols is 2. The van der Waals surface area contributed by atoms with Gasteiger partial charge in [0, 0.05) is 13.0 Å². The van der Waals surface area contributed by atoms with Gasteiger partial charge >= 0.3 is 5.97 Å². The molecular formula is C30H44N2O7. The molecule has 2 amide bonds. The third-order valence-corrected chi connectivity index (χ3v) is 9.90. The highest BCUT2D eigenvalue weighted by atomic mass is 16.5. The number of carbonyl (C=O) groups excluding carboxylic acids is 3. The molecule has 216 valence electrons. The van der Waals surface area contributed by atoms with E-state index in [0.717, 1.165) is 19.3 Å². The van der Waals surface area contributed by atoms with Gasteiger partial charge in [0.05, 0.1) is 6.10 Å². The Bertz CT molecular complexity index is 1110. The van der Waals surface area contributed by atoms with Gasteiger partial charge in [-0.15, -0.1) is 0 Å². The van der Waals surface area contributed by atoms with Crippen LogP contribution in [-0.4, -0.2) is 68.3 Å². The largest absolute Gasteiger partial charge is 0.504 e. The van der Waals surface area contributed by atoms with Gasteiger partial charge in [0.1, 0.15) is 17.7 Å². The van der Waals surface area contributed by atoms with E-state index in [1.807, 2.05) is 6.92 Å². The Labute approximate surface area is 230 Å². The van der Waals surface area contributed by atoms with Crippen molar-refractivity contribution < 1.29 is 34.4 Å². The number of aliphatic hydroxyl groups excluding tert-OH is 1. The molecule has 0 aromatic heterocycles. The zero-order valence-electron chi connectivity index (χ0n) is 23.8. The third kappa shape index (κ3) is 5.88. The zero-order chi connectivity index (χ0) is 28.8. The van der Waals surface area contributed by atoms with Crippen molar-refractivity contribution >= 4 is 17.8 Å². The number of esters is 1. The van der Waals surface area contributed by atoms with Gasteiger partial charge in [-0.1, -0.05) is 33.8 Å². The molecule has 1 aromatic carbocycles. The van der Waals surface area contributed by atoms with Gasteiger partial charge in [0.2, 0.25) is 11.8 Å². The van der Waals surface area contributed by atoms with Gasteiger partial charge in [-0.2, -0.15) is 0 Å². The van der Waals surface area contributed by atoms with E-state index in [2.05, 4.69) is 33.0 Å². The van der Waals surface area contributed by atoms with E-state index in [1.165, 1.54) is 23.1 Å². The minimum atomic E-state index is -1.44. The molecule has 0 bridgehead atoms. The maximum Gasteiger partial charge on any atom is 0.329 e. The van der Waals surface area contributed by atoms with Crippen LogP contribution in [0, 0.1) is 16.7 Å². The number of ether oxygens (including phenoxy) is 1. The number of phenolic OH excluding ortho intramolecular Hbond substituents is 2. The second kappa shape index (κ2) is 10.6. The van der Waals surface area contributed by atoms with Crippen LogP contribution in [0.25, 0.3) is 0 Å². The highest BCUT2D eigenvalue weighted by Crippen LogP contribution is 2.57. The number of rotatable bonds is 9. The molecule has 3 aliphatic rings. The van der Waals surface area contributed by atoms with E-state index in [1.54, 1.807) is 0 Å². The van der Waals surface area contributed by atoms with Crippen molar-refractivity contribution in [2.45, 2.75) is 110 Å². The molecule has 1 saturated heterocycles. The van der Waals surface area contributed by atoms with Crippen molar-refractivity contribution in [1.29, 1.82) is 0 Å². The molecule has 4 atom stereocenters. The number of carbonyl (C=O) groups is 3. The van der Waals surface area contributed by atoms with Crippen LogP contribution in [-0.2, 0) is 25.5 Å². The summed E-state index contributed by atoms with van der Waals surface area (Å²) in [6, 6.07) is 3.39. The monoisotopic (exact) mass is 544 g/mol. The molecule has 39 heavy (non-hydrogen) atoms. The quantitative estimate of drug-likeness (QED) is 0.276. The Morgan fingerprint density at radius 2 is 1.77 bits per heavy atom. The Morgan fingerprint density at radius 3 is 2.36 bits per heavy atom. The van der Waals surface area contributed by atoms with Gasteiger partial charge in [-0.3, -0.25) is 9.59 Å². The third-order valence-electron chi connectivity index (χ3n) is 9.90. The van der Waals surface area contributed by atoms with Crippen LogP contribution in [0.3, 0.4) is 0 Å². The lowest BCUT2D eigenvalue weighted by atomic mass is 9.66. The molecule has 3 fully saturated rings. The van der Waals surface area contributed by atoms with Gasteiger partial charge in [0.15, 0.2) is 11.5 Å². The highest BCUT2D eigenvalue weighted by Gasteiger charge is 2.56. The molecule has 9 nitrogen and oxygen atoms in total. The molecule has 2 aliphatic carbocycles. The molecule has 4 unspecified atom stereocenters. The van der Waals surface area contributed by atoms with E-state index in [4.69, 9.17) is 4.74 Å². The molecule has 9 heteroatoms. The van der Waals surface area contributed by atoms with Crippen molar-refractivity contribution in [2.75, 3.05) is 6.54 Å². The molecule has 1 heterocycles. The smallest absolute Gasteiger partial charge is 0.329 e. The normalized spacial score (nSPS) is 26.1. The number of aromatic hydroxyl groups is 2. The van der Waals surface area contributed by atoms with Crippen molar-refractivity contribution in [3.63, 3.8) is 0 Å². The van der Waals surface area contributed by atoms with Crippen molar-refractivity contribution in [3.8, 4) is 11.5 Å². The predicted octanol–water partition coefficient (Wildman–Crippen LogP) is 3.43. The van der Waals surface area contributed by atoms with Crippen molar-refractivity contribution in [2.24, 2.45) is 16.7 Å². The van der Waals surface area contributed by atoms with Crippen molar-refractivity contribution in [1.82, 2.24) is 10.2 Å². The summed E-state index contributed by atoms with van der Waals surface area (Å²) in [6.07, 6.45) is 3.35. The van der Waals surface area contributed by atoms with Crippen LogP contribution in [0.2, 0.25) is 0 Å². The maximum absolute atomic E-state index is 13.5. The minimum Gasteiger partial charge on any atom is -0.504 e. The van der Waals surface area contributed by atoms with Gasteiger partial charge in [-0.05, 0) is 86.3 Å². The first-order valence-corrected chi connectivity index (χ1v) is 14.2. The number of hydrogen-bond donors (Lipinski definition) is 4. The summed E-state index contributed by atoms with van der Waals surface area (Å²) < 4.78 is 5.88. The standard InChI is InChI=1S/C30H44N2O7/c1-18(15-20-10-11-28(2,3)29(20,4)5)39-26(37)21-7-6-14-32(21)27(38)30(12-13-30)31-25(36)24(35)17-19-8-9-22(33)23(34)16-19/h8-9,16,18,20-21,24,33-35H,6-7,10-15,17H2,1-5H3,(H,31,36). The average Bonchev–Trinajstić information content (AvgIpc) is 3.40. The fraction of sp³-hybridized carbons (Fsp3) is 0.700. The Kier molecular flexibility index (Phi) is 7.96. The second-order valence-electron chi connectivity index (χ2n) is 13.1. The van der Waals surface area contributed by atoms with Crippen LogP contribution >= 0.6 is 0 Å². The second-order valence-corrected chi connectivity index (χ2v) is 13.1. The average molecular weight is 545 g/mol. The fourth-order valence-electron chi connectivity index (χ4n) is 6.29. The van der Waals surface area contributed by atoms with Crippen molar-refractivity contribution in [3.05, 3.63) is 23.8 Å². The summed E-state index contributed by atoms with van der Waals surface area (Å²) in [5.74, 6) is -1.57. The summed E-state index contributed by atoms with van der Waals surface area (Å²) in [7, 11) is 0. The van der Waals surface area contributed by atoms with Crippen LogP contribution in [0.1, 0.15) is 85.1 Å². The number of hydrogen-bond acceptors (Lipinski definition) is 7. The fourth-order valence-corrected chi connectivity index (χ4v) is 6.29. The van der Waals surface area contributed by atoms with Crippen LogP contribution in [0.5, 0.6) is 11.5 Å². The SMILES string of the molecule is CC(CC1CCC(C)(C)C1(C)C)OC(=O)C1CCCN1C(=O)C1(NC(=O)C(O)Cc2ccc(O)c(O)c2)CC1. The Hall–Kier alpha value is -2.81. The first kappa shape index (κ1) is 29.2. The molecule has 4 rings (SSSR count). The summed E-state index contributed by atoms with van der Waals surface area (Å²) in [5, 5.41) is 32.3. The van der Waals surface area contributed by atoms with E-state index in [0.29, 0.717) is 43.7 Å². The molecule has 1 aromatic rings. The minimum absolute atomic E-state index is 0.0878. The Morgan fingerprint density at radius 1 is 1.08 bits per heavy atom. The summed E-state index contributed by atoms with van der Waals surface area (Å²) >= 11 is 0. The molecule has 2 saturated carbocycles. The van der Waals surface area contributed by atoms with Crippen LogP contribution in [0.4, 0.5) is 0 Å². The van der Waals surface area contributed by atoms with Crippen LogP contribution in [0.15, 0.2) is 18.2 Å². The molecule has 4 N–H and O–H groups in total. The molecular weight excluding hydrogens is 500 g/mol. The Balaban J connectivity index is 1.33. The molecule has 0 spiro atoms. The van der Waals surface area contributed by atoms with E-state index in [-0.39, 0.29) is 40.8 Å². The zero-order valence-corrected chi connectivity index (χ0v) is 23.8. The first-order valence-electron chi connectivity index (χ1n) is 14.2. The highest BCUT2D eigenvalue weighted by molar-refractivity contribution is 5.97. The van der Waals surface area contributed by atoms with Crippen LogP contribution < -0.4 is 5.32 Å². The van der Waals surface area contributed by atoms with E-state index < -0.39 is 29.6 Å². The van der Waals surface area contributed by atoms with Gasteiger partial charge in [0.25, 0.3) is 0 Å². The number of benzene rings is 1. The number of nitrogens with one attached hydrogen (secondary N) is 1. The topological polar surface area (TPSA) is 136 Å². The lowest BCUT2D eigenvalue weighted by Crippen LogP contribution is -2.55.